The van der Waals surface area contributed by atoms with Crippen molar-refractivity contribution in [1.82, 2.24) is 9.97 Å². The van der Waals surface area contributed by atoms with Crippen molar-refractivity contribution in [3.8, 4) is 17.1 Å². The van der Waals surface area contributed by atoms with Crippen molar-refractivity contribution >= 4 is 0 Å². The molecule has 0 amide bonds. The number of ether oxygens (including phenoxy) is 1. The molecule has 0 aliphatic carbocycles. The van der Waals surface area contributed by atoms with Crippen LogP contribution >= 0.6 is 0 Å². The molecule has 0 atom stereocenters. The summed E-state index contributed by atoms with van der Waals surface area (Å²) in [6.45, 7) is 5.29. The predicted molar refractivity (Wildman–Crippen MR) is 137 cm³/mol. The van der Waals surface area contributed by atoms with Crippen molar-refractivity contribution in [3.63, 3.8) is 0 Å². The van der Waals surface area contributed by atoms with E-state index in [-0.39, 0.29) is 0 Å². The highest BCUT2D eigenvalue weighted by molar-refractivity contribution is 5.55. The van der Waals surface area contributed by atoms with Crippen LogP contribution in [0.1, 0.15) is 116 Å². The predicted octanol–water partition coefficient (Wildman–Crippen LogP) is 8.96. The maximum atomic E-state index is 5.84. The Morgan fingerprint density at radius 3 is 1.66 bits per heavy atom. The van der Waals surface area contributed by atoms with Gasteiger partial charge in [-0.05, 0) is 24.8 Å². The lowest BCUT2D eigenvalue weighted by Crippen LogP contribution is -1.99. The van der Waals surface area contributed by atoms with Gasteiger partial charge in [-0.3, -0.25) is 0 Å². The van der Waals surface area contributed by atoms with Crippen molar-refractivity contribution < 1.29 is 4.74 Å². The summed E-state index contributed by atoms with van der Waals surface area (Å²) in [6, 6.07) is 8.69. The topological polar surface area (TPSA) is 35.0 Å². The van der Waals surface area contributed by atoms with Crippen LogP contribution in [0.3, 0.4) is 0 Å². The summed E-state index contributed by atoms with van der Waals surface area (Å²) in [5.74, 6) is 1.54. The zero-order valence-electron chi connectivity index (χ0n) is 20.8. The Labute approximate surface area is 197 Å². The first-order chi connectivity index (χ1) is 15.8. The van der Waals surface area contributed by atoms with Gasteiger partial charge >= 0.3 is 0 Å². The highest BCUT2D eigenvalue weighted by Gasteiger charge is 2.03. The first-order valence-corrected chi connectivity index (χ1v) is 13.4. The lowest BCUT2D eigenvalue weighted by molar-refractivity contribution is 0.302. The molecule has 32 heavy (non-hydrogen) atoms. The molecular weight excluding hydrogens is 392 g/mol. The number of aryl methyl sites for hydroxylation is 1. The van der Waals surface area contributed by atoms with Crippen molar-refractivity contribution in [2.75, 3.05) is 6.61 Å². The molecular formula is C29H46N2O. The summed E-state index contributed by atoms with van der Waals surface area (Å²) < 4.78 is 5.84. The molecule has 2 aromatic rings. The number of aromatic nitrogens is 2. The van der Waals surface area contributed by atoms with E-state index in [1.807, 2.05) is 0 Å². The highest BCUT2D eigenvalue weighted by Crippen LogP contribution is 2.19. The number of nitrogens with zero attached hydrogens (tertiary/aromatic N) is 2. The van der Waals surface area contributed by atoms with Crippen LogP contribution in [0.25, 0.3) is 11.4 Å². The normalized spacial score (nSPS) is 11.1. The average molecular weight is 439 g/mol. The van der Waals surface area contributed by atoms with Gasteiger partial charge in [0.2, 0.25) is 0 Å². The number of unbranched alkanes of at least 4 members (excludes halogenated alkanes) is 13. The SMILES string of the molecule is CCCCCCCCCCCCCOc1cnc(-c2ccc(CCCCCC)cc2)nc1. The molecule has 0 radical (unpaired) electrons. The summed E-state index contributed by atoms with van der Waals surface area (Å²) >= 11 is 0. The molecule has 0 fully saturated rings. The second kappa shape index (κ2) is 17.6. The third kappa shape index (κ3) is 11.6. The van der Waals surface area contributed by atoms with Gasteiger partial charge in [0.1, 0.15) is 0 Å². The van der Waals surface area contributed by atoms with Gasteiger partial charge in [-0.25, -0.2) is 9.97 Å². The van der Waals surface area contributed by atoms with Crippen molar-refractivity contribution in [2.24, 2.45) is 0 Å². The minimum atomic E-state index is 0.756. The Kier molecular flexibility index (Phi) is 14.5. The first kappa shape index (κ1) is 26.4. The molecule has 0 unspecified atom stereocenters. The van der Waals surface area contributed by atoms with Gasteiger partial charge < -0.3 is 4.74 Å². The van der Waals surface area contributed by atoms with Crippen LogP contribution in [-0.4, -0.2) is 16.6 Å². The van der Waals surface area contributed by atoms with Crippen LogP contribution in [-0.2, 0) is 6.42 Å². The number of hydrogen-bond donors (Lipinski definition) is 0. The van der Waals surface area contributed by atoms with Gasteiger partial charge in [-0.2, -0.15) is 0 Å². The molecule has 0 aliphatic rings. The third-order valence-corrected chi connectivity index (χ3v) is 6.18. The maximum Gasteiger partial charge on any atom is 0.159 e. The average Bonchev–Trinajstić information content (AvgIpc) is 2.83. The van der Waals surface area contributed by atoms with Crippen molar-refractivity contribution in [2.45, 2.75) is 117 Å². The Morgan fingerprint density at radius 1 is 0.594 bits per heavy atom. The van der Waals surface area contributed by atoms with Crippen LogP contribution in [0.15, 0.2) is 36.7 Å². The number of benzene rings is 1. The first-order valence-electron chi connectivity index (χ1n) is 13.4. The zero-order chi connectivity index (χ0) is 22.7. The smallest absolute Gasteiger partial charge is 0.159 e. The second-order valence-electron chi connectivity index (χ2n) is 9.13. The molecule has 3 nitrogen and oxygen atoms in total. The summed E-state index contributed by atoms with van der Waals surface area (Å²) in [5.41, 5.74) is 2.47. The van der Waals surface area contributed by atoms with E-state index in [1.54, 1.807) is 12.4 Å². The lowest BCUT2D eigenvalue weighted by Gasteiger charge is -2.07. The Hall–Kier alpha value is -1.90. The van der Waals surface area contributed by atoms with E-state index >= 15 is 0 Å². The lowest BCUT2D eigenvalue weighted by atomic mass is 10.0. The third-order valence-electron chi connectivity index (χ3n) is 6.18. The summed E-state index contributed by atoms with van der Waals surface area (Å²) in [6.07, 6.45) is 24.8. The fourth-order valence-corrected chi connectivity index (χ4v) is 4.07. The maximum absolute atomic E-state index is 5.84. The monoisotopic (exact) mass is 438 g/mol. The summed E-state index contributed by atoms with van der Waals surface area (Å²) in [7, 11) is 0. The van der Waals surface area contributed by atoms with E-state index in [1.165, 1.54) is 95.5 Å². The molecule has 0 bridgehead atoms. The van der Waals surface area contributed by atoms with E-state index in [2.05, 4.69) is 48.1 Å². The van der Waals surface area contributed by atoms with E-state index in [4.69, 9.17) is 4.74 Å². The molecule has 2 rings (SSSR count). The molecule has 0 aliphatic heterocycles. The number of hydrogen-bond acceptors (Lipinski definition) is 3. The zero-order valence-corrected chi connectivity index (χ0v) is 20.8. The second-order valence-corrected chi connectivity index (χ2v) is 9.13. The Morgan fingerprint density at radius 2 is 1.09 bits per heavy atom. The van der Waals surface area contributed by atoms with Crippen LogP contribution in [0.2, 0.25) is 0 Å². The Bertz CT molecular complexity index is 681. The van der Waals surface area contributed by atoms with E-state index in [9.17, 15) is 0 Å². The van der Waals surface area contributed by atoms with E-state index < -0.39 is 0 Å². The minimum absolute atomic E-state index is 0.756. The molecule has 1 aromatic heterocycles. The summed E-state index contributed by atoms with van der Waals surface area (Å²) in [5, 5.41) is 0. The van der Waals surface area contributed by atoms with Gasteiger partial charge in [0.15, 0.2) is 11.6 Å². The standard InChI is InChI=1S/C29H46N2O/c1-3-5-7-9-10-11-12-13-14-15-17-23-32-28-24-30-29(31-25-28)27-21-19-26(20-22-27)18-16-8-6-4-2/h19-22,24-25H,3-18,23H2,1-2H3. The van der Waals surface area contributed by atoms with Gasteiger partial charge in [0.05, 0.1) is 19.0 Å². The van der Waals surface area contributed by atoms with Crippen LogP contribution < -0.4 is 4.74 Å². The van der Waals surface area contributed by atoms with E-state index in [0.29, 0.717) is 0 Å². The molecule has 3 heteroatoms. The van der Waals surface area contributed by atoms with Gasteiger partial charge in [0, 0.05) is 5.56 Å². The largest absolute Gasteiger partial charge is 0.490 e. The van der Waals surface area contributed by atoms with Crippen LogP contribution in [0, 0.1) is 0 Å². The molecule has 178 valence electrons. The van der Waals surface area contributed by atoms with Crippen molar-refractivity contribution in [3.05, 3.63) is 42.2 Å². The fraction of sp³-hybridized carbons (Fsp3) is 0.655. The van der Waals surface area contributed by atoms with Crippen LogP contribution in [0.4, 0.5) is 0 Å². The van der Waals surface area contributed by atoms with Gasteiger partial charge in [-0.1, -0.05) is 122 Å². The molecule has 1 heterocycles. The molecule has 1 aromatic carbocycles. The minimum Gasteiger partial charge on any atom is -0.490 e. The van der Waals surface area contributed by atoms with Crippen LogP contribution in [0.5, 0.6) is 5.75 Å². The summed E-state index contributed by atoms with van der Waals surface area (Å²) in [4.78, 5) is 9.01. The highest BCUT2D eigenvalue weighted by atomic mass is 16.5. The van der Waals surface area contributed by atoms with Gasteiger partial charge in [0.25, 0.3) is 0 Å². The van der Waals surface area contributed by atoms with Crippen molar-refractivity contribution in [1.29, 1.82) is 0 Å². The molecule has 0 saturated heterocycles. The quantitative estimate of drug-likeness (QED) is 0.205. The molecule has 0 saturated carbocycles. The van der Waals surface area contributed by atoms with Gasteiger partial charge in [-0.15, -0.1) is 0 Å². The Balaban J connectivity index is 1.55. The molecule has 0 spiro atoms. The fourth-order valence-electron chi connectivity index (χ4n) is 4.07. The number of rotatable bonds is 19. The van der Waals surface area contributed by atoms with E-state index in [0.717, 1.165) is 36.6 Å². The molecule has 0 N–H and O–H groups in total.